The fraction of sp³-hybridized carbons (Fsp3) is 0.529. The van der Waals surface area contributed by atoms with Crippen LogP contribution in [-0.2, 0) is 9.59 Å². The third-order valence-electron chi connectivity index (χ3n) is 4.68. The van der Waals surface area contributed by atoms with Crippen LogP contribution in [0, 0.1) is 12.3 Å². The van der Waals surface area contributed by atoms with Gasteiger partial charge >= 0.3 is 0 Å². The zero-order valence-corrected chi connectivity index (χ0v) is 14.3. The SMILES string of the molecule is Cc1ccc(NC(=O)C2(C(=O)NC3CCCC3)CC2)c(Br)c1. The van der Waals surface area contributed by atoms with E-state index in [2.05, 4.69) is 26.6 Å². The summed E-state index contributed by atoms with van der Waals surface area (Å²) in [5.74, 6) is -0.285. The first kappa shape index (κ1) is 15.5. The molecule has 5 heteroatoms. The molecule has 118 valence electrons. The summed E-state index contributed by atoms with van der Waals surface area (Å²) < 4.78 is 0.841. The van der Waals surface area contributed by atoms with Crippen molar-refractivity contribution in [2.45, 2.75) is 51.5 Å². The van der Waals surface area contributed by atoms with Crippen molar-refractivity contribution in [1.29, 1.82) is 0 Å². The van der Waals surface area contributed by atoms with Gasteiger partial charge < -0.3 is 10.6 Å². The van der Waals surface area contributed by atoms with Gasteiger partial charge in [0.15, 0.2) is 0 Å². The Labute approximate surface area is 139 Å². The summed E-state index contributed by atoms with van der Waals surface area (Å²) in [4.78, 5) is 25.0. The number of benzene rings is 1. The maximum atomic E-state index is 12.6. The zero-order chi connectivity index (χ0) is 15.7. The van der Waals surface area contributed by atoms with Crippen molar-refractivity contribution in [3.8, 4) is 0 Å². The monoisotopic (exact) mass is 364 g/mol. The molecule has 2 amide bonds. The molecular weight excluding hydrogens is 344 g/mol. The Bertz CT molecular complexity index is 605. The van der Waals surface area contributed by atoms with Crippen LogP contribution in [0.5, 0.6) is 0 Å². The number of halogens is 1. The molecule has 0 aliphatic heterocycles. The number of carbonyl (C=O) groups excluding carboxylic acids is 2. The minimum atomic E-state index is -0.854. The first-order chi connectivity index (χ1) is 10.5. The molecule has 0 spiro atoms. The summed E-state index contributed by atoms with van der Waals surface area (Å²) in [6.07, 6.45) is 5.68. The van der Waals surface area contributed by atoms with Gasteiger partial charge in [-0.2, -0.15) is 0 Å². The highest BCUT2D eigenvalue weighted by Crippen LogP contribution is 2.47. The highest BCUT2D eigenvalue weighted by Gasteiger charge is 2.56. The van der Waals surface area contributed by atoms with Crippen molar-refractivity contribution in [3.63, 3.8) is 0 Å². The molecule has 0 unspecified atom stereocenters. The van der Waals surface area contributed by atoms with Gasteiger partial charge in [-0.3, -0.25) is 9.59 Å². The number of carbonyl (C=O) groups is 2. The Hall–Kier alpha value is -1.36. The third kappa shape index (κ3) is 3.05. The predicted molar refractivity (Wildman–Crippen MR) is 89.6 cm³/mol. The number of nitrogens with one attached hydrogen (secondary N) is 2. The molecule has 1 aromatic carbocycles. The largest absolute Gasteiger partial charge is 0.352 e. The van der Waals surface area contributed by atoms with Crippen molar-refractivity contribution in [2.24, 2.45) is 5.41 Å². The molecule has 0 saturated heterocycles. The first-order valence-corrected chi connectivity index (χ1v) is 8.69. The Balaban J connectivity index is 1.66. The van der Waals surface area contributed by atoms with Gasteiger partial charge in [0.1, 0.15) is 5.41 Å². The molecule has 0 aromatic heterocycles. The molecule has 0 heterocycles. The Morgan fingerprint density at radius 1 is 1.18 bits per heavy atom. The van der Waals surface area contributed by atoms with E-state index in [0.29, 0.717) is 12.8 Å². The number of anilines is 1. The fourth-order valence-corrected chi connectivity index (χ4v) is 3.63. The van der Waals surface area contributed by atoms with Crippen LogP contribution in [0.25, 0.3) is 0 Å². The van der Waals surface area contributed by atoms with E-state index >= 15 is 0 Å². The quantitative estimate of drug-likeness (QED) is 0.802. The molecule has 2 aliphatic carbocycles. The lowest BCUT2D eigenvalue weighted by Gasteiger charge is -2.19. The van der Waals surface area contributed by atoms with Crippen molar-refractivity contribution in [2.75, 3.05) is 5.32 Å². The van der Waals surface area contributed by atoms with Gasteiger partial charge in [0.25, 0.3) is 0 Å². The van der Waals surface area contributed by atoms with E-state index in [4.69, 9.17) is 0 Å². The van der Waals surface area contributed by atoms with Crippen molar-refractivity contribution >= 4 is 33.4 Å². The smallest absolute Gasteiger partial charge is 0.240 e. The molecule has 0 radical (unpaired) electrons. The number of hydrogen-bond donors (Lipinski definition) is 2. The van der Waals surface area contributed by atoms with E-state index in [-0.39, 0.29) is 17.9 Å². The van der Waals surface area contributed by atoms with Gasteiger partial charge in [0.05, 0.1) is 5.69 Å². The number of aryl methyl sites for hydroxylation is 1. The minimum Gasteiger partial charge on any atom is -0.352 e. The van der Waals surface area contributed by atoms with Gasteiger partial charge in [0, 0.05) is 10.5 Å². The highest BCUT2D eigenvalue weighted by molar-refractivity contribution is 9.10. The summed E-state index contributed by atoms with van der Waals surface area (Å²) in [6.45, 7) is 1.99. The molecule has 2 fully saturated rings. The Kier molecular flexibility index (Phi) is 4.26. The molecule has 22 heavy (non-hydrogen) atoms. The highest BCUT2D eigenvalue weighted by atomic mass is 79.9. The van der Waals surface area contributed by atoms with Crippen LogP contribution in [0.1, 0.15) is 44.1 Å². The van der Waals surface area contributed by atoms with Crippen molar-refractivity contribution in [3.05, 3.63) is 28.2 Å². The van der Waals surface area contributed by atoms with Crippen LogP contribution in [0.4, 0.5) is 5.69 Å². The van der Waals surface area contributed by atoms with Gasteiger partial charge in [-0.1, -0.05) is 18.9 Å². The third-order valence-corrected chi connectivity index (χ3v) is 5.34. The van der Waals surface area contributed by atoms with Crippen LogP contribution in [0.2, 0.25) is 0 Å². The lowest BCUT2D eigenvalue weighted by molar-refractivity contribution is -0.134. The molecule has 2 aliphatic rings. The first-order valence-electron chi connectivity index (χ1n) is 7.90. The molecule has 2 saturated carbocycles. The van der Waals surface area contributed by atoms with E-state index in [0.717, 1.165) is 28.6 Å². The van der Waals surface area contributed by atoms with Crippen LogP contribution >= 0.6 is 15.9 Å². The maximum Gasteiger partial charge on any atom is 0.240 e. The van der Waals surface area contributed by atoms with Crippen LogP contribution in [-0.4, -0.2) is 17.9 Å². The number of hydrogen-bond acceptors (Lipinski definition) is 2. The standard InChI is InChI=1S/C17H21BrN2O2/c1-11-6-7-14(13(18)10-11)20-16(22)17(8-9-17)15(21)19-12-4-2-3-5-12/h6-7,10,12H,2-5,8-9H2,1H3,(H,19,21)(H,20,22). The molecule has 1 aromatic rings. The van der Waals surface area contributed by atoms with Gasteiger partial charge in [-0.15, -0.1) is 0 Å². The van der Waals surface area contributed by atoms with E-state index in [1.807, 2.05) is 25.1 Å². The average molecular weight is 365 g/mol. The topological polar surface area (TPSA) is 58.2 Å². The summed E-state index contributed by atoms with van der Waals surface area (Å²) in [7, 11) is 0. The van der Waals surface area contributed by atoms with Gasteiger partial charge in [0.2, 0.25) is 11.8 Å². The van der Waals surface area contributed by atoms with Crippen molar-refractivity contribution < 1.29 is 9.59 Å². The summed E-state index contributed by atoms with van der Waals surface area (Å²) in [5, 5.41) is 5.96. The summed E-state index contributed by atoms with van der Waals surface area (Å²) >= 11 is 3.46. The van der Waals surface area contributed by atoms with Crippen LogP contribution in [0.15, 0.2) is 22.7 Å². The van der Waals surface area contributed by atoms with Crippen LogP contribution < -0.4 is 10.6 Å². The van der Waals surface area contributed by atoms with Gasteiger partial charge in [-0.05, 0) is 66.2 Å². The summed E-state index contributed by atoms with van der Waals surface area (Å²) in [6, 6.07) is 6.01. The molecule has 0 atom stereocenters. The maximum absolute atomic E-state index is 12.6. The Morgan fingerprint density at radius 2 is 1.86 bits per heavy atom. The zero-order valence-electron chi connectivity index (χ0n) is 12.7. The molecular formula is C17H21BrN2O2. The molecule has 0 bridgehead atoms. The molecule has 4 nitrogen and oxygen atoms in total. The molecule has 3 rings (SSSR count). The van der Waals surface area contributed by atoms with Crippen molar-refractivity contribution in [1.82, 2.24) is 5.32 Å². The Morgan fingerprint density at radius 3 is 2.45 bits per heavy atom. The second-order valence-corrected chi connectivity index (χ2v) is 7.33. The molecule has 2 N–H and O–H groups in total. The summed E-state index contributed by atoms with van der Waals surface area (Å²) in [5.41, 5.74) is 0.980. The van der Waals surface area contributed by atoms with E-state index in [9.17, 15) is 9.59 Å². The van der Waals surface area contributed by atoms with Crippen LogP contribution in [0.3, 0.4) is 0 Å². The number of amides is 2. The normalized spacial score (nSPS) is 19.7. The average Bonchev–Trinajstić information content (AvgIpc) is 3.15. The number of rotatable bonds is 4. The lowest BCUT2D eigenvalue weighted by Crippen LogP contribution is -2.43. The van der Waals surface area contributed by atoms with E-state index < -0.39 is 5.41 Å². The van der Waals surface area contributed by atoms with Gasteiger partial charge in [-0.25, -0.2) is 0 Å². The van der Waals surface area contributed by atoms with E-state index in [1.165, 1.54) is 12.8 Å². The second kappa shape index (κ2) is 6.03. The minimum absolute atomic E-state index is 0.0971. The fourth-order valence-electron chi connectivity index (χ4n) is 3.04. The second-order valence-electron chi connectivity index (χ2n) is 6.47. The predicted octanol–water partition coefficient (Wildman–Crippen LogP) is 3.54. The van der Waals surface area contributed by atoms with E-state index in [1.54, 1.807) is 0 Å². The lowest BCUT2D eigenvalue weighted by atomic mass is 10.0.